The lowest BCUT2D eigenvalue weighted by Crippen LogP contribution is -2.39. The number of piperidine rings is 1. The molecule has 1 atom stereocenters. The first-order valence-corrected chi connectivity index (χ1v) is 9.49. The van der Waals surface area contributed by atoms with Gasteiger partial charge in [-0.3, -0.25) is 14.9 Å². The largest absolute Gasteiger partial charge is 0.416 e. The first kappa shape index (κ1) is 20.0. The van der Waals surface area contributed by atoms with Crippen LogP contribution in [0.2, 0.25) is 5.02 Å². The Hall–Kier alpha value is -1.71. The van der Waals surface area contributed by atoms with Crippen LogP contribution in [0.5, 0.6) is 0 Å². The molecule has 2 aliphatic rings. The van der Waals surface area contributed by atoms with Crippen LogP contribution in [-0.2, 0) is 11.0 Å². The smallest absolute Gasteiger partial charge is 0.370 e. The van der Waals surface area contributed by atoms with Gasteiger partial charge < -0.3 is 10.6 Å². The number of nitrogens with two attached hydrogens (primary N) is 1. The normalized spacial score (nSPS) is 22.5. The number of nitrogens with one attached hydrogen (secondary N) is 1. The van der Waals surface area contributed by atoms with Crippen LogP contribution in [0.1, 0.15) is 24.0 Å². The summed E-state index contributed by atoms with van der Waals surface area (Å²) in [6.07, 6.45) is -1.52. The Bertz CT molecular complexity index is 813. The molecule has 1 unspecified atom stereocenters. The van der Waals surface area contributed by atoms with Crippen molar-refractivity contribution in [3.63, 3.8) is 0 Å². The number of hydrogen-bond acceptors (Lipinski definition) is 5. The topological polar surface area (TPSA) is 75.4 Å². The molecule has 1 aromatic carbocycles. The number of benzene rings is 1. The molecule has 0 aliphatic carbocycles. The van der Waals surface area contributed by atoms with Gasteiger partial charge >= 0.3 is 6.18 Å². The maximum absolute atomic E-state index is 13.2. The predicted molar refractivity (Wildman–Crippen MR) is 99.6 cm³/mol. The molecule has 3 rings (SSSR count). The fourth-order valence-corrected chi connectivity index (χ4v) is 4.27. The third kappa shape index (κ3) is 4.41. The van der Waals surface area contributed by atoms with Gasteiger partial charge in [0, 0.05) is 18.7 Å². The monoisotopic (exact) mass is 419 g/mol. The highest BCUT2D eigenvalue weighted by molar-refractivity contribution is 8.18. The molecule has 0 bridgehead atoms. The Morgan fingerprint density at radius 2 is 2.11 bits per heavy atom. The zero-order valence-electron chi connectivity index (χ0n) is 14.1. The number of carbonyl (C=O) groups is 2. The van der Waals surface area contributed by atoms with Gasteiger partial charge in [-0.1, -0.05) is 11.6 Å². The average molecular weight is 420 g/mol. The lowest BCUT2D eigenvalue weighted by atomic mass is 9.96. The second-order valence-corrected chi connectivity index (χ2v) is 7.86. The number of thioether (sulfide) groups is 1. The lowest BCUT2D eigenvalue weighted by molar-refractivity contribution is -0.137. The number of hydrogen-bond donors (Lipinski definition) is 2. The third-order valence-electron chi connectivity index (χ3n) is 4.52. The minimum absolute atomic E-state index is 0.0315. The maximum atomic E-state index is 13.2. The summed E-state index contributed by atoms with van der Waals surface area (Å²) in [7, 11) is 0. The fraction of sp³-hybridized carbons (Fsp3) is 0.412. The van der Waals surface area contributed by atoms with Gasteiger partial charge in [0.05, 0.1) is 21.2 Å². The van der Waals surface area contributed by atoms with Crippen molar-refractivity contribution in [3.8, 4) is 0 Å². The van der Waals surface area contributed by atoms with Gasteiger partial charge in [-0.05, 0) is 55.3 Å². The van der Waals surface area contributed by atoms with Gasteiger partial charge in [0.25, 0.3) is 11.1 Å². The van der Waals surface area contributed by atoms with Crippen molar-refractivity contribution in [1.29, 1.82) is 0 Å². The van der Waals surface area contributed by atoms with E-state index in [9.17, 15) is 22.8 Å². The lowest BCUT2D eigenvalue weighted by Gasteiger charge is -2.35. The van der Waals surface area contributed by atoms with Crippen LogP contribution in [0.4, 0.5) is 23.7 Å². The van der Waals surface area contributed by atoms with Crippen LogP contribution in [-0.4, -0.2) is 30.8 Å². The molecule has 2 saturated heterocycles. The summed E-state index contributed by atoms with van der Waals surface area (Å²) in [5, 5.41) is 1.48. The van der Waals surface area contributed by atoms with Crippen molar-refractivity contribution in [3.05, 3.63) is 33.2 Å². The van der Waals surface area contributed by atoms with Crippen molar-refractivity contribution in [2.75, 3.05) is 24.5 Å². The summed E-state index contributed by atoms with van der Waals surface area (Å²) in [5.74, 6) is -0.425. The SMILES string of the molecule is NCC1CCCN(c2c(Cl)cc(C(F)(F)F)cc2/C=C2\SC(=O)NC2=O)C1. The summed E-state index contributed by atoms with van der Waals surface area (Å²) in [6, 6.07) is 1.84. The van der Waals surface area contributed by atoms with E-state index in [4.69, 9.17) is 17.3 Å². The number of rotatable bonds is 3. The Morgan fingerprint density at radius 1 is 1.37 bits per heavy atom. The van der Waals surface area contributed by atoms with Gasteiger partial charge in [0.1, 0.15) is 0 Å². The second kappa shape index (κ2) is 7.73. The summed E-state index contributed by atoms with van der Waals surface area (Å²) >= 11 is 6.89. The molecule has 27 heavy (non-hydrogen) atoms. The minimum Gasteiger partial charge on any atom is -0.370 e. The van der Waals surface area contributed by atoms with Crippen LogP contribution in [0.15, 0.2) is 17.0 Å². The predicted octanol–water partition coefficient (Wildman–Crippen LogP) is 3.86. The maximum Gasteiger partial charge on any atom is 0.416 e. The van der Waals surface area contributed by atoms with Gasteiger partial charge in [-0.25, -0.2) is 0 Å². The van der Waals surface area contributed by atoms with Gasteiger partial charge in [-0.2, -0.15) is 13.2 Å². The third-order valence-corrected chi connectivity index (χ3v) is 5.62. The van der Waals surface area contributed by atoms with E-state index < -0.39 is 22.9 Å². The van der Waals surface area contributed by atoms with Gasteiger partial charge in [-0.15, -0.1) is 0 Å². The molecule has 146 valence electrons. The van der Waals surface area contributed by atoms with Crippen LogP contribution >= 0.6 is 23.4 Å². The molecular weight excluding hydrogens is 403 g/mol. The number of amides is 2. The van der Waals surface area contributed by atoms with E-state index in [-0.39, 0.29) is 21.4 Å². The Kier molecular flexibility index (Phi) is 5.73. The molecule has 0 aromatic heterocycles. The molecule has 0 saturated carbocycles. The molecule has 10 heteroatoms. The highest BCUT2D eigenvalue weighted by atomic mass is 35.5. The number of alkyl halides is 3. The van der Waals surface area contributed by atoms with E-state index in [1.54, 1.807) is 0 Å². The molecule has 0 radical (unpaired) electrons. The molecule has 5 nitrogen and oxygen atoms in total. The number of carbonyl (C=O) groups excluding carboxylic acids is 2. The quantitative estimate of drug-likeness (QED) is 0.728. The van der Waals surface area contributed by atoms with E-state index in [0.717, 1.165) is 25.0 Å². The Morgan fingerprint density at radius 3 is 2.70 bits per heavy atom. The van der Waals surface area contributed by atoms with Gasteiger partial charge in [0.2, 0.25) is 0 Å². The van der Waals surface area contributed by atoms with Crippen LogP contribution < -0.4 is 16.0 Å². The summed E-state index contributed by atoms with van der Waals surface area (Å²) < 4.78 is 39.7. The Labute approximate surface area is 163 Å². The number of imide groups is 1. The molecule has 2 amide bonds. The highest BCUT2D eigenvalue weighted by Crippen LogP contribution is 2.41. The van der Waals surface area contributed by atoms with Gasteiger partial charge in [0.15, 0.2) is 0 Å². The van der Waals surface area contributed by atoms with Crippen LogP contribution in [0.3, 0.4) is 0 Å². The summed E-state index contributed by atoms with van der Waals surface area (Å²) in [4.78, 5) is 25.1. The van der Waals surface area contributed by atoms with E-state index in [1.165, 1.54) is 6.08 Å². The first-order chi connectivity index (χ1) is 12.7. The standard InChI is InChI=1S/C17H17ClF3N3O2S/c18-12-6-11(17(19,20)21)4-10(5-13-15(25)23-16(26)27-13)14(12)24-3-1-2-9(7-22)8-24/h4-6,9H,1-3,7-8,22H2,(H,23,25,26)/b13-5-. The molecule has 2 fully saturated rings. The highest BCUT2D eigenvalue weighted by Gasteiger charge is 2.34. The van der Waals surface area contributed by atoms with Crippen LogP contribution in [0.25, 0.3) is 6.08 Å². The Balaban J connectivity index is 2.10. The summed E-state index contributed by atoms with van der Waals surface area (Å²) in [5.41, 5.74) is 5.41. The van der Waals surface area contributed by atoms with Crippen molar-refractivity contribution < 1.29 is 22.8 Å². The van der Waals surface area contributed by atoms with E-state index in [1.807, 2.05) is 4.90 Å². The first-order valence-electron chi connectivity index (χ1n) is 8.29. The molecular formula is C17H17ClF3N3O2S. The molecule has 1 aromatic rings. The zero-order valence-corrected chi connectivity index (χ0v) is 15.7. The molecule has 2 heterocycles. The number of anilines is 1. The van der Waals surface area contributed by atoms with Crippen molar-refractivity contribution in [2.24, 2.45) is 11.7 Å². The molecule has 3 N–H and O–H groups in total. The van der Waals surface area contributed by atoms with E-state index >= 15 is 0 Å². The van der Waals surface area contributed by atoms with Crippen molar-refractivity contribution in [1.82, 2.24) is 5.32 Å². The fourth-order valence-electron chi connectivity index (χ4n) is 3.25. The molecule has 2 aliphatic heterocycles. The zero-order chi connectivity index (χ0) is 19.8. The molecule has 0 spiro atoms. The number of halogens is 4. The van der Waals surface area contributed by atoms with Crippen molar-refractivity contribution >= 4 is 46.3 Å². The second-order valence-electron chi connectivity index (χ2n) is 6.44. The number of nitrogens with zero attached hydrogens (tertiary/aromatic N) is 1. The van der Waals surface area contributed by atoms with E-state index in [0.29, 0.717) is 37.1 Å². The average Bonchev–Trinajstić information content (AvgIpc) is 2.91. The summed E-state index contributed by atoms with van der Waals surface area (Å²) in [6.45, 7) is 1.66. The van der Waals surface area contributed by atoms with Crippen molar-refractivity contribution in [2.45, 2.75) is 19.0 Å². The van der Waals surface area contributed by atoms with Crippen LogP contribution in [0, 0.1) is 5.92 Å². The minimum atomic E-state index is -4.59. The van der Waals surface area contributed by atoms with E-state index in [2.05, 4.69) is 5.32 Å².